The first-order chi connectivity index (χ1) is 14.8. The summed E-state index contributed by atoms with van der Waals surface area (Å²) in [5, 5.41) is 0. The zero-order valence-corrected chi connectivity index (χ0v) is 18.5. The van der Waals surface area contributed by atoms with Crippen molar-refractivity contribution in [3.8, 4) is 33.8 Å². The van der Waals surface area contributed by atoms with E-state index in [1.807, 2.05) is 36.4 Å². The van der Waals surface area contributed by atoms with Crippen LogP contribution in [-0.4, -0.2) is 14.2 Å². The molecule has 4 aromatic rings. The zero-order valence-electron chi connectivity index (χ0n) is 16.9. The minimum Gasteiger partial charge on any atom is -0.495 e. The van der Waals surface area contributed by atoms with Gasteiger partial charge in [-0.2, -0.15) is 0 Å². The van der Waals surface area contributed by atoms with E-state index in [1.54, 1.807) is 35.8 Å². The summed E-state index contributed by atoms with van der Waals surface area (Å²) in [6, 6.07) is 33.2. The Morgan fingerprint density at radius 1 is 0.467 bits per heavy atom. The number of rotatable bonds is 7. The van der Waals surface area contributed by atoms with Gasteiger partial charge in [-0.1, -0.05) is 84.9 Å². The van der Waals surface area contributed by atoms with Crippen LogP contribution in [0.4, 0.5) is 0 Å². The second kappa shape index (κ2) is 9.79. The molecule has 0 aliphatic carbocycles. The van der Waals surface area contributed by atoms with Crippen molar-refractivity contribution in [3.05, 3.63) is 97.1 Å². The van der Waals surface area contributed by atoms with Gasteiger partial charge in [0.25, 0.3) is 0 Å². The Morgan fingerprint density at radius 3 is 1.23 bits per heavy atom. The standard InChI is InChI=1S/C26H22O2S2/c1-27-25-21(19-11-5-3-6-12-19)15-9-17-23(25)29-30-24-18-10-16-22(26(24)28-2)20-13-7-4-8-14-20/h3-18H,1-2H3. The molecule has 0 N–H and O–H groups in total. The Kier molecular flexibility index (Phi) is 6.67. The lowest BCUT2D eigenvalue weighted by atomic mass is 10.0. The molecule has 0 fully saturated rings. The summed E-state index contributed by atoms with van der Waals surface area (Å²) in [6.45, 7) is 0. The van der Waals surface area contributed by atoms with E-state index >= 15 is 0 Å². The van der Waals surface area contributed by atoms with E-state index in [0.717, 1.165) is 43.5 Å². The molecular weight excluding hydrogens is 408 g/mol. The fraction of sp³-hybridized carbons (Fsp3) is 0.0769. The molecule has 30 heavy (non-hydrogen) atoms. The molecule has 4 heteroatoms. The van der Waals surface area contributed by atoms with Crippen LogP contribution in [0.5, 0.6) is 11.5 Å². The van der Waals surface area contributed by atoms with Crippen LogP contribution in [0.3, 0.4) is 0 Å². The average molecular weight is 431 g/mol. The maximum Gasteiger partial charge on any atom is 0.141 e. The van der Waals surface area contributed by atoms with Crippen LogP contribution < -0.4 is 9.47 Å². The van der Waals surface area contributed by atoms with Gasteiger partial charge in [-0.05, 0) is 44.8 Å². The van der Waals surface area contributed by atoms with E-state index in [2.05, 4.69) is 60.7 Å². The summed E-state index contributed by atoms with van der Waals surface area (Å²) in [4.78, 5) is 2.16. The van der Waals surface area contributed by atoms with E-state index in [-0.39, 0.29) is 0 Å². The Bertz CT molecular complexity index is 1020. The molecule has 0 spiro atoms. The molecule has 0 atom stereocenters. The number of para-hydroxylation sites is 2. The van der Waals surface area contributed by atoms with Gasteiger partial charge in [0.05, 0.1) is 24.0 Å². The van der Waals surface area contributed by atoms with Crippen LogP contribution in [0.2, 0.25) is 0 Å². The molecule has 0 bridgehead atoms. The molecule has 0 radical (unpaired) electrons. The summed E-state index contributed by atoms with van der Waals surface area (Å²) in [5.74, 6) is 1.78. The van der Waals surface area contributed by atoms with Crippen molar-refractivity contribution in [2.24, 2.45) is 0 Å². The molecule has 0 heterocycles. The maximum absolute atomic E-state index is 5.80. The largest absolute Gasteiger partial charge is 0.495 e. The maximum atomic E-state index is 5.80. The van der Waals surface area contributed by atoms with Crippen LogP contribution in [0.15, 0.2) is 107 Å². The van der Waals surface area contributed by atoms with Gasteiger partial charge in [0.15, 0.2) is 0 Å². The SMILES string of the molecule is COc1c(SSc2cccc(-c3ccccc3)c2OC)cccc1-c1ccccc1. The third kappa shape index (κ3) is 4.35. The minimum atomic E-state index is 0.888. The van der Waals surface area contributed by atoms with E-state index in [1.165, 1.54) is 0 Å². The molecule has 0 saturated heterocycles. The molecule has 0 amide bonds. The monoisotopic (exact) mass is 430 g/mol. The van der Waals surface area contributed by atoms with E-state index in [4.69, 9.17) is 9.47 Å². The summed E-state index contributed by atoms with van der Waals surface area (Å²) < 4.78 is 11.6. The third-order valence-corrected chi connectivity index (χ3v) is 7.17. The van der Waals surface area contributed by atoms with Crippen molar-refractivity contribution in [1.29, 1.82) is 0 Å². The molecule has 0 aliphatic heterocycles. The molecule has 0 aromatic heterocycles. The van der Waals surface area contributed by atoms with Gasteiger partial charge >= 0.3 is 0 Å². The van der Waals surface area contributed by atoms with E-state index in [9.17, 15) is 0 Å². The quantitative estimate of drug-likeness (QED) is 0.278. The molecule has 150 valence electrons. The summed E-state index contributed by atoms with van der Waals surface area (Å²) in [7, 11) is 6.82. The Labute approximate surface area is 185 Å². The lowest BCUT2D eigenvalue weighted by Crippen LogP contribution is -1.91. The van der Waals surface area contributed by atoms with E-state index < -0.39 is 0 Å². The zero-order chi connectivity index (χ0) is 20.8. The lowest BCUT2D eigenvalue weighted by Gasteiger charge is -2.15. The smallest absolute Gasteiger partial charge is 0.141 e. The molecule has 0 aliphatic rings. The highest BCUT2D eigenvalue weighted by Crippen LogP contribution is 2.49. The van der Waals surface area contributed by atoms with Gasteiger partial charge in [-0.15, -0.1) is 0 Å². The highest BCUT2D eigenvalue weighted by Gasteiger charge is 2.15. The van der Waals surface area contributed by atoms with Crippen molar-refractivity contribution >= 4 is 21.6 Å². The average Bonchev–Trinajstić information content (AvgIpc) is 2.83. The fourth-order valence-electron chi connectivity index (χ4n) is 3.36. The van der Waals surface area contributed by atoms with Gasteiger partial charge in [0.2, 0.25) is 0 Å². The Balaban J connectivity index is 1.65. The van der Waals surface area contributed by atoms with Crippen molar-refractivity contribution in [2.45, 2.75) is 9.79 Å². The van der Waals surface area contributed by atoms with Gasteiger partial charge in [-0.25, -0.2) is 0 Å². The summed E-state index contributed by atoms with van der Waals surface area (Å²) in [6.07, 6.45) is 0. The lowest BCUT2D eigenvalue weighted by molar-refractivity contribution is 0.406. The van der Waals surface area contributed by atoms with Gasteiger partial charge in [0, 0.05) is 11.1 Å². The van der Waals surface area contributed by atoms with Crippen molar-refractivity contribution in [3.63, 3.8) is 0 Å². The second-order valence-electron chi connectivity index (χ2n) is 6.57. The van der Waals surface area contributed by atoms with Gasteiger partial charge < -0.3 is 9.47 Å². The highest BCUT2D eigenvalue weighted by molar-refractivity contribution is 8.76. The molecule has 0 saturated carbocycles. The fourth-order valence-corrected chi connectivity index (χ4v) is 5.68. The molecular formula is C26H22O2S2. The second-order valence-corrected chi connectivity index (χ2v) is 8.79. The number of methoxy groups -OCH3 is 2. The van der Waals surface area contributed by atoms with E-state index in [0.29, 0.717) is 0 Å². The summed E-state index contributed by atoms with van der Waals surface area (Å²) >= 11 is 0. The van der Waals surface area contributed by atoms with Crippen molar-refractivity contribution < 1.29 is 9.47 Å². The Hall–Kier alpha value is -2.82. The van der Waals surface area contributed by atoms with Gasteiger partial charge in [0.1, 0.15) is 11.5 Å². The first-order valence-corrected chi connectivity index (χ1v) is 11.8. The van der Waals surface area contributed by atoms with Crippen LogP contribution in [0.25, 0.3) is 22.3 Å². The number of hydrogen-bond acceptors (Lipinski definition) is 4. The van der Waals surface area contributed by atoms with Crippen molar-refractivity contribution in [2.75, 3.05) is 14.2 Å². The Morgan fingerprint density at radius 2 is 0.867 bits per heavy atom. The molecule has 0 unspecified atom stereocenters. The highest BCUT2D eigenvalue weighted by atomic mass is 33.1. The third-order valence-electron chi connectivity index (χ3n) is 4.76. The predicted molar refractivity (Wildman–Crippen MR) is 129 cm³/mol. The predicted octanol–water partition coefficient (Wildman–Crippen LogP) is 7.84. The van der Waals surface area contributed by atoms with Crippen LogP contribution >= 0.6 is 21.6 Å². The minimum absolute atomic E-state index is 0.888. The number of benzene rings is 4. The van der Waals surface area contributed by atoms with Gasteiger partial charge in [-0.3, -0.25) is 0 Å². The molecule has 2 nitrogen and oxygen atoms in total. The number of ether oxygens (including phenoxy) is 2. The van der Waals surface area contributed by atoms with Crippen molar-refractivity contribution in [1.82, 2.24) is 0 Å². The molecule has 4 aromatic carbocycles. The molecule has 4 rings (SSSR count). The normalized spacial score (nSPS) is 10.6. The summed E-state index contributed by atoms with van der Waals surface area (Å²) in [5.41, 5.74) is 4.47. The first-order valence-electron chi connectivity index (χ1n) is 9.61. The topological polar surface area (TPSA) is 18.5 Å². The van der Waals surface area contributed by atoms with Crippen LogP contribution in [0, 0.1) is 0 Å². The van der Waals surface area contributed by atoms with Crippen LogP contribution in [0.1, 0.15) is 0 Å². The van der Waals surface area contributed by atoms with Crippen LogP contribution in [-0.2, 0) is 0 Å². The number of hydrogen-bond donors (Lipinski definition) is 0. The first kappa shape index (κ1) is 20.5.